The van der Waals surface area contributed by atoms with Crippen molar-refractivity contribution < 1.29 is 17.6 Å². The van der Waals surface area contributed by atoms with Gasteiger partial charge in [-0.3, -0.25) is 0 Å². The van der Waals surface area contributed by atoms with Gasteiger partial charge in [-0.15, -0.1) is 0 Å². The number of aromatic nitrogens is 4. The Balaban J connectivity index is 0.000000239. The van der Waals surface area contributed by atoms with Gasteiger partial charge in [0.2, 0.25) is 17.8 Å². The number of anilines is 5. The summed E-state index contributed by atoms with van der Waals surface area (Å²) >= 11 is 6.39. The minimum atomic E-state index is -2.61. The van der Waals surface area contributed by atoms with Crippen molar-refractivity contribution >= 4 is 40.4 Å². The average molecular weight is 678 g/mol. The maximum atomic E-state index is 13.8. The molecule has 12 heteroatoms. The summed E-state index contributed by atoms with van der Waals surface area (Å²) in [4.78, 5) is 13.3. The SMILES string of the molecule is Cn1ccnc1-c1ccccc1Nc1nc(Nc2ccc3c(c2)CCC(F)(F)CC3)ncc1Cl.Nc1ccc2c(c1)CCC(F)(F)CC2. The number of hydrogen-bond donors (Lipinski definition) is 3. The van der Waals surface area contributed by atoms with E-state index in [-0.39, 0.29) is 25.7 Å². The molecule has 0 spiro atoms. The molecule has 0 unspecified atom stereocenters. The molecule has 0 amide bonds. The van der Waals surface area contributed by atoms with Crippen molar-refractivity contribution in [1.82, 2.24) is 19.5 Å². The molecule has 0 saturated carbocycles. The van der Waals surface area contributed by atoms with Crippen LogP contribution in [0.3, 0.4) is 0 Å². The number of hydrogen-bond acceptors (Lipinski definition) is 6. The van der Waals surface area contributed by atoms with Crippen LogP contribution < -0.4 is 16.4 Å². The fourth-order valence-corrected chi connectivity index (χ4v) is 6.15. The number of fused-ring (bicyclic) bond motifs is 2. The Kier molecular flexibility index (Phi) is 9.59. The number of halogens is 5. The van der Waals surface area contributed by atoms with Crippen molar-refractivity contribution in [3.8, 4) is 11.4 Å². The van der Waals surface area contributed by atoms with Crippen LogP contribution in [-0.2, 0) is 32.7 Å². The van der Waals surface area contributed by atoms with Crippen LogP contribution in [0.4, 0.5) is 46.4 Å². The van der Waals surface area contributed by atoms with Gasteiger partial charge in [-0.25, -0.2) is 27.5 Å². The Hall–Kier alpha value is -4.64. The molecule has 0 fully saturated rings. The van der Waals surface area contributed by atoms with Crippen LogP contribution in [0.15, 0.2) is 79.3 Å². The average Bonchev–Trinajstić information content (AvgIpc) is 3.34. The van der Waals surface area contributed by atoms with E-state index in [2.05, 4.69) is 25.6 Å². The van der Waals surface area contributed by atoms with E-state index in [1.165, 1.54) is 6.20 Å². The minimum Gasteiger partial charge on any atom is -0.399 e. The largest absolute Gasteiger partial charge is 0.399 e. The lowest BCUT2D eigenvalue weighted by atomic mass is 10.0. The minimum absolute atomic E-state index is 0.0378. The monoisotopic (exact) mass is 677 g/mol. The fourth-order valence-electron chi connectivity index (χ4n) is 6.01. The standard InChI is InChI=1S/C25H23ClF2N6.C11H13F2N/c1-34-13-12-29-23(34)19-4-2-3-5-21(19)32-22-20(26)15-30-24(33-22)31-18-7-6-16-8-10-25(27,28)11-9-17(16)14-18;12-11(13)5-3-8-1-2-10(14)7-9(8)4-6-11/h2-7,12-15H,8-11H2,1H3,(H2,30,31,32,33);1-2,7H,3-6,14H2. The van der Waals surface area contributed by atoms with Crippen molar-refractivity contribution in [3.63, 3.8) is 0 Å². The number of imidazole rings is 1. The van der Waals surface area contributed by atoms with Gasteiger partial charge in [-0.2, -0.15) is 4.98 Å². The van der Waals surface area contributed by atoms with Crippen LogP contribution in [0, 0.1) is 0 Å². The maximum absolute atomic E-state index is 13.8. The maximum Gasteiger partial charge on any atom is 0.248 e. The summed E-state index contributed by atoms with van der Waals surface area (Å²) in [7, 11) is 1.93. The molecular formula is C36H36ClF4N7. The van der Waals surface area contributed by atoms with Crippen LogP contribution in [0.5, 0.6) is 0 Å². The molecule has 2 aliphatic rings. The predicted octanol–water partition coefficient (Wildman–Crippen LogP) is 9.31. The van der Waals surface area contributed by atoms with Crippen LogP contribution in [0.2, 0.25) is 5.02 Å². The fraction of sp³-hybridized carbons (Fsp3) is 0.306. The number of aryl methyl sites for hydroxylation is 5. The molecule has 0 atom stereocenters. The highest BCUT2D eigenvalue weighted by Gasteiger charge is 2.32. The Labute approximate surface area is 281 Å². The number of rotatable bonds is 5. The first-order chi connectivity index (χ1) is 22.9. The molecule has 5 aromatic rings. The summed E-state index contributed by atoms with van der Waals surface area (Å²) in [5, 5.41) is 6.83. The highest BCUT2D eigenvalue weighted by Crippen LogP contribution is 2.35. The number of nitrogens with zero attached hydrogens (tertiary/aromatic N) is 4. The molecule has 0 bridgehead atoms. The zero-order chi connectivity index (χ0) is 33.9. The summed E-state index contributed by atoms with van der Waals surface area (Å²) in [5.41, 5.74) is 12.6. The van der Waals surface area contributed by atoms with E-state index in [0.29, 0.717) is 48.2 Å². The third-order valence-corrected chi connectivity index (χ3v) is 9.00. The number of nitrogens with two attached hydrogens (primary N) is 1. The molecule has 48 heavy (non-hydrogen) atoms. The van der Waals surface area contributed by atoms with Gasteiger partial charge in [0.1, 0.15) is 10.8 Å². The van der Waals surface area contributed by atoms with Crippen LogP contribution in [0.1, 0.15) is 47.9 Å². The summed E-state index contributed by atoms with van der Waals surface area (Å²) in [5.74, 6) is -3.52. The Morgan fingerprint density at radius 3 is 2.06 bits per heavy atom. The normalized spacial score (nSPS) is 16.3. The summed E-state index contributed by atoms with van der Waals surface area (Å²) in [6.07, 6.45) is 6.43. The van der Waals surface area contributed by atoms with Gasteiger partial charge in [0.25, 0.3) is 0 Å². The summed E-state index contributed by atoms with van der Waals surface area (Å²) in [6.45, 7) is 0. The van der Waals surface area contributed by atoms with E-state index in [0.717, 1.165) is 45.0 Å². The van der Waals surface area contributed by atoms with E-state index < -0.39 is 11.8 Å². The first-order valence-electron chi connectivity index (χ1n) is 15.8. The summed E-state index contributed by atoms with van der Waals surface area (Å²) < 4.78 is 55.8. The van der Waals surface area contributed by atoms with Gasteiger partial charge in [0.15, 0.2) is 5.82 Å². The molecule has 0 saturated heterocycles. The Morgan fingerprint density at radius 2 is 1.40 bits per heavy atom. The van der Waals surface area contributed by atoms with E-state index in [4.69, 9.17) is 17.3 Å². The number of nitrogen functional groups attached to an aromatic ring is 1. The van der Waals surface area contributed by atoms with Crippen molar-refractivity contribution in [3.05, 3.63) is 107 Å². The Morgan fingerprint density at radius 1 is 0.771 bits per heavy atom. The topological polar surface area (TPSA) is 93.7 Å². The second-order valence-corrected chi connectivity index (χ2v) is 12.7. The smallest absolute Gasteiger partial charge is 0.248 e. The van der Waals surface area contributed by atoms with E-state index in [1.54, 1.807) is 12.3 Å². The van der Waals surface area contributed by atoms with E-state index >= 15 is 0 Å². The first-order valence-corrected chi connectivity index (χ1v) is 16.2. The molecule has 7 rings (SSSR count). The van der Waals surface area contributed by atoms with Crippen LogP contribution >= 0.6 is 11.6 Å². The molecule has 0 radical (unpaired) electrons. The summed E-state index contributed by atoms with van der Waals surface area (Å²) in [6, 6.07) is 18.9. The van der Waals surface area contributed by atoms with Gasteiger partial charge < -0.3 is 20.9 Å². The van der Waals surface area contributed by atoms with E-state index in [1.807, 2.05) is 72.4 Å². The molecule has 0 aliphatic heterocycles. The van der Waals surface area contributed by atoms with Gasteiger partial charge in [0, 0.05) is 62.1 Å². The van der Waals surface area contributed by atoms with Crippen molar-refractivity contribution in [1.29, 1.82) is 0 Å². The van der Waals surface area contributed by atoms with Crippen LogP contribution in [0.25, 0.3) is 11.4 Å². The highest BCUT2D eigenvalue weighted by atomic mass is 35.5. The molecule has 250 valence electrons. The van der Waals surface area contributed by atoms with Gasteiger partial charge >= 0.3 is 0 Å². The quantitative estimate of drug-likeness (QED) is 0.0975. The molecule has 2 heterocycles. The lowest BCUT2D eigenvalue weighted by Gasteiger charge is -2.14. The lowest BCUT2D eigenvalue weighted by molar-refractivity contribution is -0.0136. The number of alkyl halides is 4. The molecule has 3 aromatic carbocycles. The van der Waals surface area contributed by atoms with Gasteiger partial charge in [0.05, 0.1) is 11.9 Å². The lowest BCUT2D eigenvalue weighted by Crippen LogP contribution is -2.15. The second-order valence-electron chi connectivity index (χ2n) is 12.3. The molecule has 2 aliphatic carbocycles. The zero-order valence-electron chi connectivity index (χ0n) is 26.4. The van der Waals surface area contributed by atoms with Crippen LogP contribution in [-0.4, -0.2) is 31.4 Å². The number of benzene rings is 3. The van der Waals surface area contributed by atoms with Crippen molar-refractivity contribution in [2.45, 2.75) is 63.2 Å². The zero-order valence-corrected chi connectivity index (χ0v) is 27.2. The highest BCUT2D eigenvalue weighted by molar-refractivity contribution is 6.33. The molecule has 7 nitrogen and oxygen atoms in total. The van der Waals surface area contributed by atoms with Crippen molar-refractivity contribution in [2.75, 3.05) is 16.4 Å². The number of nitrogens with one attached hydrogen (secondary N) is 2. The molecular weight excluding hydrogens is 642 g/mol. The third kappa shape index (κ3) is 8.07. The molecule has 4 N–H and O–H groups in total. The first kappa shape index (κ1) is 33.3. The van der Waals surface area contributed by atoms with Crippen molar-refractivity contribution in [2.24, 2.45) is 7.05 Å². The Bertz CT molecular complexity index is 1910. The number of para-hydroxylation sites is 1. The van der Waals surface area contributed by atoms with Gasteiger partial charge in [-0.05, 0) is 84.3 Å². The van der Waals surface area contributed by atoms with Gasteiger partial charge in [-0.1, -0.05) is 35.9 Å². The predicted molar refractivity (Wildman–Crippen MR) is 183 cm³/mol. The third-order valence-electron chi connectivity index (χ3n) is 8.72. The molecule has 2 aromatic heterocycles. The van der Waals surface area contributed by atoms with E-state index in [9.17, 15) is 17.6 Å². The second kappa shape index (κ2) is 13.8.